The van der Waals surface area contributed by atoms with Gasteiger partial charge < -0.3 is 0 Å². The van der Waals surface area contributed by atoms with Gasteiger partial charge in [-0.15, -0.1) is 6.58 Å². The van der Waals surface area contributed by atoms with E-state index in [4.69, 9.17) is 0 Å². The zero-order chi connectivity index (χ0) is 28.0. The fraction of sp³-hybridized carbons (Fsp3) is 0.297. The van der Waals surface area contributed by atoms with E-state index in [1.807, 2.05) is 6.08 Å². The number of rotatable bonds is 6. The molecule has 4 aromatic rings. The van der Waals surface area contributed by atoms with Crippen LogP contribution < -0.4 is 15.9 Å². The summed E-state index contributed by atoms with van der Waals surface area (Å²) < 4.78 is 0. The molecule has 0 radical (unpaired) electrons. The second kappa shape index (κ2) is 12.8. The third-order valence-electron chi connectivity index (χ3n) is 7.99. The molecule has 0 saturated carbocycles. The number of hydrogen-bond acceptors (Lipinski definition) is 0. The van der Waals surface area contributed by atoms with Crippen LogP contribution in [0.3, 0.4) is 0 Å². The topological polar surface area (TPSA) is 0 Å². The standard InChI is InChI=1S/C19H27Br.C18H15P/c1-7-8-17(20)14-12-16-15(11-13(14)2)18(3,4)9-10-19(16,5)6;1-4-10-16(11-5-1)19(17-12-6-2-7-13-17)18-14-8-3-9-15-18/h7,11-12,17H,1,8-10H2,2-6H3;1-15H. The maximum absolute atomic E-state index is 3.87. The number of fused-ring (bicyclic) bond motifs is 1. The lowest BCUT2D eigenvalue weighted by Crippen LogP contribution is -2.34. The quantitative estimate of drug-likeness (QED) is 0.118. The van der Waals surface area contributed by atoms with Crippen molar-refractivity contribution in [1.29, 1.82) is 0 Å². The van der Waals surface area contributed by atoms with Gasteiger partial charge in [0.1, 0.15) is 0 Å². The lowest BCUT2D eigenvalue weighted by atomic mass is 9.62. The van der Waals surface area contributed by atoms with Crippen LogP contribution in [-0.4, -0.2) is 0 Å². The average molecular weight is 598 g/mol. The van der Waals surface area contributed by atoms with Crippen LogP contribution in [0.2, 0.25) is 0 Å². The van der Waals surface area contributed by atoms with Crippen molar-refractivity contribution in [2.24, 2.45) is 0 Å². The van der Waals surface area contributed by atoms with Gasteiger partial charge in [0, 0.05) is 4.83 Å². The summed E-state index contributed by atoms with van der Waals surface area (Å²) >= 11 is 3.82. The lowest BCUT2D eigenvalue weighted by Gasteiger charge is -2.42. The van der Waals surface area contributed by atoms with Crippen LogP contribution in [0, 0.1) is 6.92 Å². The smallest absolute Gasteiger partial charge is 0.0432 e. The van der Waals surface area contributed by atoms with Crippen molar-refractivity contribution in [2.45, 2.75) is 69.5 Å². The lowest BCUT2D eigenvalue weighted by molar-refractivity contribution is 0.331. The molecule has 2 heteroatoms. The molecule has 0 heterocycles. The monoisotopic (exact) mass is 596 g/mol. The Balaban J connectivity index is 0.000000181. The molecule has 0 fully saturated rings. The molecule has 0 nitrogen and oxygen atoms in total. The van der Waals surface area contributed by atoms with Crippen molar-refractivity contribution < 1.29 is 0 Å². The Bertz CT molecular complexity index is 1260. The summed E-state index contributed by atoms with van der Waals surface area (Å²) in [6.45, 7) is 15.6. The minimum Gasteiger partial charge on any atom is -0.103 e. The summed E-state index contributed by atoms with van der Waals surface area (Å²) in [4.78, 5) is 0.381. The van der Waals surface area contributed by atoms with E-state index >= 15 is 0 Å². The van der Waals surface area contributed by atoms with Gasteiger partial charge in [0.25, 0.3) is 0 Å². The van der Waals surface area contributed by atoms with E-state index in [0.717, 1.165) is 6.42 Å². The van der Waals surface area contributed by atoms with Gasteiger partial charge >= 0.3 is 0 Å². The van der Waals surface area contributed by atoms with Crippen molar-refractivity contribution >= 4 is 39.8 Å². The second-order valence-corrected chi connectivity index (χ2v) is 15.2. The maximum atomic E-state index is 3.87. The highest BCUT2D eigenvalue weighted by Gasteiger charge is 2.37. The molecule has 0 saturated heterocycles. The largest absolute Gasteiger partial charge is 0.103 e. The zero-order valence-electron chi connectivity index (χ0n) is 24.1. The van der Waals surface area contributed by atoms with Crippen LogP contribution in [0.15, 0.2) is 116 Å². The molecule has 0 aliphatic heterocycles. The molecule has 0 bridgehead atoms. The third kappa shape index (κ3) is 7.00. The molecule has 4 aromatic carbocycles. The molecule has 1 aliphatic rings. The van der Waals surface area contributed by atoms with Crippen LogP contribution in [0.5, 0.6) is 0 Å². The van der Waals surface area contributed by atoms with E-state index in [-0.39, 0.29) is 5.41 Å². The first-order chi connectivity index (χ1) is 18.6. The summed E-state index contributed by atoms with van der Waals surface area (Å²) in [5, 5.41) is 4.19. The van der Waals surface area contributed by atoms with E-state index in [2.05, 4.69) is 160 Å². The molecule has 1 atom stereocenters. The van der Waals surface area contributed by atoms with Crippen LogP contribution in [-0.2, 0) is 10.8 Å². The fourth-order valence-electron chi connectivity index (χ4n) is 5.53. The first-order valence-electron chi connectivity index (χ1n) is 14.0. The Labute approximate surface area is 246 Å². The van der Waals surface area contributed by atoms with Gasteiger partial charge in [-0.2, -0.15) is 0 Å². The van der Waals surface area contributed by atoms with E-state index in [0.29, 0.717) is 10.2 Å². The van der Waals surface area contributed by atoms with Gasteiger partial charge in [-0.3, -0.25) is 0 Å². The summed E-state index contributed by atoms with van der Waals surface area (Å²) in [5.74, 6) is 0. The van der Waals surface area contributed by atoms with Gasteiger partial charge in [-0.25, -0.2) is 0 Å². The normalized spacial score (nSPS) is 16.0. The molecule has 5 rings (SSSR count). The van der Waals surface area contributed by atoms with Gasteiger partial charge in [0.05, 0.1) is 0 Å². The Morgan fingerprint density at radius 1 is 0.718 bits per heavy atom. The Hall–Kier alpha value is -2.47. The molecule has 0 N–H and O–H groups in total. The van der Waals surface area contributed by atoms with Crippen LogP contribution in [0.1, 0.15) is 74.0 Å². The summed E-state index contributed by atoms with van der Waals surface area (Å²) in [6.07, 6.45) is 5.51. The molecular formula is C37H42BrP. The fourth-order valence-corrected chi connectivity index (χ4v) is 8.59. The predicted octanol–water partition coefficient (Wildman–Crippen LogP) is 9.80. The molecule has 0 amide bonds. The van der Waals surface area contributed by atoms with Gasteiger partial charge in [-0.1, -0.05) is 153 Å². The highest BCUT2D eigenvalue weighted by atomic mass is 79.9. The van der Waals surface area contributed by atoms with Crippen molar-refractivity contribution in [2.75, 3.05) is 0 Å². The van der Waals surface area contributed by atoms with E-state index in [1.54, 1.807) is 11.1 Å². The van der Waals surface area contributed by atoms with E-state index in [9.17, 15) is 0 Å². The highest BCUT2D eigenvalue weighted by molar-refractivity contribution is 9.09. The van der Waals surface area contributed by atoms with Crippen LogP contribution in [0.25, 0.3) is 0 Å². The molecule has 39 heavy (non-hydrogen) atoms. The molecule has 1 unspecified atom stereocenters. The van der Waals surface area contributed by atoms with Gasteiger partial charge in [0.15, 0.2) is 0 Å². The highest BCUT2D eigenvalue weighted by Crippen LogP contribution is 2.47. The van der Waals surface area contributed by atoms with Crippen molar-refractivity contribution in [3.8, 4) is 0 Å². The van der Waals surface area contributed by atoms with Crippen molar-refractivity contribution in [1.82, 2.24) is 0 Å². The minimum absolute atomic E-state index is 0.286. The van der Waals surface area contributed by atoms with Gasteiger partial charge in [0.2, 0.25) is 0 Å². The second-order valence-electron chi connectivity index (χ2n) is 11.9. The average Bonchev–Trinajstić information content (AvgIpc) is 2.94. The zero-order valence-corrected chi connectivity index (χ0v) is 26.6. The molecule has 1 aliphatic carbocycles. The number of allylic oxidation sites excluding steroid dienone is 1. The van der Waals surface area contributed by atoms with E-state index < -0.39 is 7.92 Å². The SMILES string of the molecule is C=CCC(Br)c1cc2c(cc1C)C(C)(C)CCC2(C)C.c1ccc(P(c2ccccc2)c2ccccc2)cc1. The molecular weight excluding hydrogens is 555 g/mol. The van der Waals surface area contributed by atoms with Crippen molar-refractivity contribution in [3.63, 3.8) is 0 Å². The summed E-state index contributed by atoms with van der Waals surface area (Å²) in [7, 11) is -0.446. The first-order valence-corrected chi connectivity index (χ1v) is 16.3. The van der Waals surface area contributed by atoms with Gasteiger partial charge in [-0.05, 0) is 83.1 Å². The number of hydrogen-bond donors (Lipinski definition) is 0. The first kappa shape index (κ1) is 29.5. The number of alkyl halides is 1. The minimum atomic E-state index is -0.446. The predicted molar refractivity (Wildman–Crippen MR) is 178 cm³/mol. The van der Waals surface area contributed by atoms with Crippen molar-refractivity contribution in [3.05, 3.63) is 138 Å². The number of aryl methyl sites for hydroxylation is 1. The Morgan fingerprint density at radius 2 is 1.10 bits per heavy atom. The maximum Gasteiger partial charge on any atom is 0.0432 e. The number of benzene rings is 4. The Morgan fingerprint density at radius 3 is 1.49 bits per heavy atom. The van der Waals surface area contributed by atoms with E-state index in [1.165, 1.54) is 39.9 Å². The molecule has 202 valence electrons. The third-order valence-corrected chi connectivity index (χ3v) is 11.3. The Kier molecular flexibility index (Phi) is 9.69. The molecule has 0 aromatic heterocycles. The van der Waals surface area contributed by atoms with Crippen LogP contribution in [0.4, 0.5) is 0 Å². The number of halogens is 1. The molecule has 0 spiro atoms. The summed E-state index contributed by atoms with van der Waals surface area (Å²) in [6, 6.07) is 37.2. The summed E-state index contributed by atoms with van der Waals surface area (Å²) in [5.41, 5.74) is 6.51. The van der Waals surface area contributed by atoms with Crippen LogP contribution >= 0.6 is 23.9 Å².